The van der Waals surface area contributed by atoms with Gasteiger partial charge < -0.3 is 14.8 Å². The Morgan fingerprint density at radius 1 is 1.44 bits per heavy atom. The predicted molar refractivity (Wildman–Crippen MR) is 71.9 cm³/mol. The van der Waals surface area contributed by atoms with Crippen molar-refractivity contribution in [2.75, 3.05) is 5.32 Å². The lowest BCUT2D eigenvalue weighted by Gasteiger charge is -2.07. The SMILES string of the molecule is Cc1ccc(NCc2cc(C(=O)O)co2)c(Br)c1. The highest BCUT2D eigenvalue weighted by atomic mass is 79.9. The molecule has 0 amide bonds. The van der Waals surface area contributed by atoms with E-state index in [0.29, 0.717) is 12.3 Å². The monoisotopic (exact) mass is 309 g/mol. The second-order valence-electron chi connectivity index (χ2n) is 3.94. The summed E-state index contributed by atoms with van der Waals surface area (Å²) >= 11 is 3.46. The molecule has 0 aliphatic rings. The molecule has 0 atom stereocenters. The summed E-state index contributed by atoms with van der Waals surface area (Å²) in [4.78, 5) is 10.7. The zero-order chi connectivity index (χ0) is 13.1. The van der Waals surface area contributed by atoms with Gasteiger partial charge in [0.1, 0.15) is 12.0 Å². The number of halogens is 1. The molecular weight excluding hydrogens is 298 g/mol. The summed E-state index contributed by atoms with van der Waals surface area (Å²) in [6, 6.07) is 7.48. The van der Waals surface area contributed by atoms with Gasteiger partial charge in [-0.2, -0.15) is 0 Å². The molecule has 1 aromatic heterocycles. The van der Waals surface area contributed by atoms with E-state index in [-0.39, 0.29) is 5.56 Å². The first-order valence-corrected chi connectivity index (χ1v) is 6.16. The Hall–Kier alpha value is -1.75. The zero-order valence-corrected chi connectivity index (χ0v) is 11.3. The number of carbonyl (C=O) groups is 1. The first-order chi connectivity index (χ1) is 8.56. The number of furan rings is 1. The quantitative estimate of drug-likeness (QED) is 0.904. The minimum absolute atomic E-state index is 0.162. The second-order valence-corrected chi connectivity index (χ2v) is 4.80. The molecule has 18 heavy (non-hydrogen) atoms. The van der Waals surface area contributed by atoms with Gasteiger partial charge in [0, 0.05) is 10.2 Å². The van der Waals surface area contributed by atoms with Crippen LogP contribution in [0.1, 0.15) is 21.7 Å². The number of carboxylic acid groups (broad SMARTS) is 1. The fraction of sp³-hybridized carbons (Fsp3) is 0.154. The molecule has 1 heterocycles. The van der Waals surface area contributed by atoms with Crippen LogP contribution in [-0.2, 0) is 6.54 Å². The van der Waals surface area contributed by atoms with Gasteiger partial charge in [0.05, 0.1) is 12.1 Å². The van der Waals surface area contributed by atoms with Crippen LogP contribution in [0.15, 0.2) is 39.4 Å². The van der Waals surface area contributed by atoms with Crippen LogP contribution in [-0.4, -0.2) is 11.1 Å². The van der Waals surface area contributed by atoms with Gasteiger partial charge in [-0.3, -0.25) is 0 Å². The van der Waals surface area contributed by atoms with E-state index < -0.39 is 5.97 Å². The zero-order valence-electron chi connectivity index (χ0n) is 9.74. The van der Waals surface area contributed by atoms with Crippen molar-refractivity contribution in [1.82, 2.24) is 0 Å². The van der Waals surface area contributed by atoms with Crippen molar-refractivity contribution in [3.05, 3.63) is 51.9 Å². The molecule has 0 fully saturated rings. The van der Waals surface area contributed by atoms with E-state index in [9.17, 15) is 4.79 Å². The summed E-state index contributed by atoms with van der Waals surface area (Å²) in [5.74, 6) is -0.401. The molecule has 2 aromatic rings. The van der Waals surface area contributed by atoms with Crippen LogP contribution in [0.4, 0.5) is 5.69 Å². The van der Waals surface area contributed by atoms with Crippen molar-refractivity contribution in [2.24, 2.45) is 0 Å². The lowest BCUT2D eigenvalue weighted by molar-refractivity contribution is 0.0696. The van der Waals surface area contributed by atoms with E-state index in [1.165, 1.54) is 17.9 Å². The standard InChI is InChI=1S/C13H12BrNO3/c1-8-2-3-12(11(14)4-8)15-6-10-5-9(7-18-10)13(16)17/h2-5,7,15H,6H2,1H3,(H,16,17). The number of benzene rings is 1. The summed E-state index contributed by atoms with van der Waals surface area (Å²) in [7, 11) is 0. The fourth-order valence-electron chi connectivity index (χ4n) is 1.53. The molecule has 0 radical (unpaired) electrons. The van der Waals surface area contributed by atoms with Gasteiger partial charge in [0.25, 0.3) is 0 Å². The molecule has 5 heteroatoms. The van der Waals surface area contributed by atoms with E-state index in [1.807, 2.05) is 25.1 Å². The van der Waals surface area contributed by atoms with E-state index >= 15 is 0 Å². The van der Waals surface area contributed by atoms with E-state index in [2.05, 4.69) is 21.2 Å². The smallest absolute Gasteiger partial charge is 0.338 e. The number of hydrogen-bond donors (Lipinski definition) is 2. The van der Waals surface area contributed by atoms with Crippen molar-refractivity contribution in [2.45, 2.75) is 13.5 Å². The molecule has 0 bridgehead atoms. The predicted octanol–water partition coefficient (Wildman–Crippen LogP) is 3.66. The lowest BCUT2D eigenvalue weighted by Crippen LogP contribution is -1.99. The fourth-order valence-corrected chi connectivity index (χ4v) is 2.16. The maximum atomic E-state index is 10.7. The Morgan fingerprint density at radius 2 is 2.22 bits per heavy atom. The maximum absolute atomic E-state index is 10.7. The number of aromatic carboxylic acids is 1. The van der Waals surface area contributed by atoms with Crippen molar-refractivity contribution >= 4 is 27.6 Å². The summed E-state index contributed by atoms with van der Waals surface area (Å²) < 4.78 is 6.12. The third-order valence-corrected chi connectivity index (χ3v) is 3.13. The van der Waals surface area contributed by atoms with Crippen LogP contribution in [0.5, 0.6) is 0 Å². The van der Waals surface area contributed by atoms with Crippen LogP contribution < -0.4 is 5.32 Å². The average molecular weight is 310 g/mol. The molecule has 2 rings (SSSR count). The van der Waals surface area contributed by atoms with Gasteiger partial charge in [-0.15, -0.1) is 0 Å². The van der Waals surface area contributed by atoms with Gasteiger partial charge in [-0.25, -0.2) is 4.79 Å². The molecule has 94 valence electrons. The number of hydrogen-bond acceptors (Lipinski definition) is 3. The number of rotatable bonds is 4. The Morgan fingerprint density at radius 3 is 2.83 bits per heavy atom. The molecule has 0 aliphatic heterocycles. The van der Waals surface area contributed by atoms with E-state index in [0.717, 1.165) is 10.2 Å². The number of anilines is 1. The van der Waals surface area contributed by atoms with Crippen LogP contribution in [0.3, 0.4) is 0 Å². The third kappa shape index (κ3) is 2.92. The number of nitrogens with one attached hydrogen (secondary N) is 1. The Bertz CT molecular complexity index is 577. The highest BCUT2D eigenvalue weighted by Gasteiger charge is 2.08. The Balaban J connectivity index is 2.04. The van der Waals surface area contributed by atoms with Crippen LogP contribution in [0, 0.1) is 6.92 Å². The molecule has 4 nitrogen and oxygen atoms in total. The minimum atomic E-state index is -0.985. The van der Waals surface area contributed by atoms with Crippen molar-refractivity contribution < 1.29 is 14.3 Å². The molecule has 0 saturated carbocycles. The summed E-state index contributed by atoms with van der Waals surface area (Å²) in [5, 5.41) is 11.9. The first-order valence-electron chi connectivity index (χ1n) is 5.37. The van der Waals surface area contributed by atoms with Crippen molar-refractivity contribution in [1.29, 1.82) is 0 Å². The second kappa shape index (κ2) is 5.27. The van der Waals surface area contributed by atoms with Crippen LogP contribution in [0.25, 0.3) is 0 Å². The van der Waals surface area contributed by atoms with Crippen molar-refractivity contribution in [3.8, 4) is 0 Å². The third-order valence-electron chi connectivity index (χ3n) is 2.48. The normalized spacial score (nSPS) is 10.3. The largest absolute Gasteiger partial charge is 0.478 e. The molecule has 1 aromatic carbocycles. The minimum Gasteiger partial charge on any atom is -0.478 e. The van der Waals surface area contributed by atoms with Crippen LogP contribution in [0.2, 0.25) is 0 Å². The van der Waals surface area contributed by atoms with Gasteiger partial charge in [0.15, 0.2) is 0 Å². The van der Waals surface area contributed by atoms with E-state index in [1.54, 1.807) is 0 Å². The average Bonchev–Trinajstić information content (AvgIpc) is 2.76. The highest BCUT2D eigenvalue weighted by Crippen LogP contribution is 2.24. The summed E-state index contributed by atoms with van der Waals surface area (Å²) in [6.45, 7) is 2.45. The molecule has 0 unspecified atom stereocenters. The molecule has 0 saturated heterocycles. The van der Waals surface area contributed by atoms with Gasteiger partial charge in [0.2, 0.25) is 0 Å². The number of aryl methyl sites for hydroxylation is 1. The molecule has 0 aliphatic carbocycles. The van der Waals surface area contributed by atoms with Gasteiger partial charge >= 0.3 is 5.97 Å². The Kier molecular flexibility index (Phi) is 3.72. The van der Waals surface area contributed by atoms with Crippen LogP contribution >= 0.6 is 15.9 Å². The maximum Gasteiger partial charge on any atom is 0.338 e. The first kappa shape index (κ1) is 12.7. The van der Waals surface area contributed by atoms with Crippen molar-refractivity contribution in [3.63, 3.8) is 0 Å². The molecular formula is C13H12BrNO3. The van der Waals surface area contributed by atoms with Gasteiger partial charge in [-0.1, -0.05) is 6.07 Å². The van der Waals surface area contributed by atoms with Gasteiger partial charge in [-0.05, 0) is 46.6 Å². The molecule has 0 spiro atoms. The number of carboxylic acids is 1. The Labute approximate surface area is 113 Å². The molecule has 2 N–H and O–H groups in total. The van der Waals surface area contributed by atoms with E-state index in [4.69, 9.17) is 9.52 Å². The highest BCUT2D eigenvalue weighted by molar-refractivity contribution is 9.10. The lowest BCUT2D eigenvalue weighted by atomic mass is 10.2. The topological polar surface area (TPSA) is 62.5 Å². The summed E-state index contributed by atoms with van der Waals surface area (Å²) in [6.07, 6.45) is 1.24. The summed E-state index contributed by atoms with van der Waals surface area (Å²) in [5.41, 5.74) is 2.27.